The van der Waals surface area contributed by atoms with Crippen LogP contribution in [0.4, 0.5) is 0 Å². The van der Waals surface area contributed by atoms with E-state index in [1.165, 1.54) is 13.8 Å². The normalized spacial score (nSPS) is 11.7. The van der Waals surface area contributed by atoms with Gasteiger partial charge < -0.3 is 0 Å². The number of hydrogen-bond donors (Lipinski definition) is 0. The number of thiophene rings is 1. The predicted octanol–water partition coefficient (Wildman–Crippen LogP) is 4.68. The molecule has 3 heteroatoms. The minimum Gasteiger partial charge on any atom is -0.192 e. The van der Waals surface area contributed by atoms with Gasteiger partial charge in [-0.1, -0.05) is 20.8 Å². The Hall–Kier alpha value is -0.600. The van der Waals surface area contributed by atoms with E-state index < -0.39 is 0 Å². The van der Waals surface area contributed by atoms with Gasteiger partial charge in [-0.15, -0.1) is 11.3 Å². The van der Waals surface area contributed by atoms with Crippen molar-refractivity contribution in [1.29, 1.82) is 5.26 Å². The molecule has 16 heavy (non-hydrogen) atoms. The van der Waals surface area contributed by atoms with E-state index in [1.807, 2.05) is 6.07 Å². The minimum absolute atomic E-state index is 0.0904. The lowest BCUT2D eigenvalue weighted by atomic mass is 9.85. The highest BCUT2D eigenvalue weighted by molar-refractivity contribution is 14.1. The molecule has 0 spiro atoms. The number of hydrogen-bond acceptors (Lipinski definition) is 2. The summed E-state index contributed by atoms with van der Waals surface area (Å²) in [4.78, 5) is 0. The van der Waals surface area contributed by atoms with E-state index in [-0.39, 0.29) is 5.41 Å². The predicted molar refractivity (Wildman–Crippen MR) is 78.0 cm³/mol. The van der Waals surface area contributed by atoms with E-state index in [1.54, 1.807) is 11.3 Å². The number of benzene rings is 1. The zero-order valence-electron chi connectivity index (χ0n) is 9.47. The van der Waals surface area contributed by atoms with Crippen molar-refractivity contribution in [3.63, 3.8) is 0 Å². The van der Waals surface area contributed by atoms with Crippen molar-refractivity contribution in [1.82, 2.24) is 0 Å². The average Bonchev–Trinajstić information content (AvgIpc) is 2.54. The monoisotopic (exact) mass is 341 g/mol. The van der Waals surface area contributed by atoms with Gasteiger partial charge in [0.2, 0.25) is 0 Å². The van der Waals surface area contributed by atoms with Crippen molar-refractivity contribution in [2.75, 3.05) is 0 Å². The number of fused-ring (bicyclic) bond motifs is 1. The highest BCUT2D eigenvalue weighted by atomic mass is 127. The van der Waals surface area contributed by atoms with Gasteiger partial charge in [-0.3, -0.25) is 0 Å². The molecule has 82 valence electrons. The standard InChI is InChI=1S/C13H12INS/c1-13(2,3)10-4-8-6-11(14)16-12(8)9(5-10)7-15/h4-6H,1-3H3. The quantitative estimate of drug-likeness (QED) is 0.639. The number of halogens is 1. The van der Waals surface area contributed by atoms with Crippen LogP contribution < -0.4 is 0 Å². The first-order valence-corrected chi connectivity index (χ1v) is 6.95. The molecular formula is C13H12INS. The lowest BCUT2D eigenvalue weighted by Gasteiger charge is -2.19. The van der Waals surface area contributed by atoms with Gasteiger partial charge in [0.15, 0.2) is 0 Å². The van der Waals surface area contributed by atoms with Gasteiger partial charge in [-0.25, -0.2) is 0 Å². The van der Waals surface area contributed by atoms with Gasteiger partial charge >= 0.3 is 0 Å². The smallest absolute Gasteiger partial charge is 0.101 e. The van der Waals surface area contributed by atoms with Gasteiger partial charge in [0.1, 0.15) is 6.07 Å². The maximum Gasteiger partial charge on any atom is 0.101 e. The summed E-state index contributed by atoms with van der Waals surface area (Å²) in [6.45, 7) is 6.52. The Morgan fingerprint density at radius 1 is 1.25 bits per heavy atom. The fourth-order valence-electron chi connectivity index (χ4n) is 1.64. The summed E-state index contributed by atoms with van der Waals surface area (Å²) in [5.74, 6) is 0. The molecule has 0 aliphatic carbocycles. The molecule has 0 saturated carbocycles. The zero-order valence-corrected chi connectivity index (χ0v) is 12.4. The van der Waals surface area contributed by atoms with Crippen LogP contribution in [-0.4, -0.2) is 0 Å². The Morgan fingerprint density at radius 2 is 1.94 bits per heavy atom. The fraction of sp³-hybridized carbons (Fsp3) is 0.308. The first-order valence-electron chi connectivity index (χ1n) is 5.05. The third-order valence-electron chi connectivity index (χ3n) is 2.57. The molecule has 2 aromatic rings. The van der Waals surface area contributed by atoms with Crippen molar-refractivity contribution in [2.45, 2.75) is 26.2 Å². The largest absolute Gasteiger partial charge is 0.192 e. The minimum atomic E-state index is 0.0904. The van der Waals surface area contributed by atoms with Crippen LogP contribution in [0.15, 0.2) is 18.2 Å². The van der Waals surface area contributed by atoms with E-state index in [9.17, 15) is 5.26 Å². The maximum absolute atomic E-state index is 9.19. The summed E-state index contributed by atoms with van der Waals surface area (Å²) in [6, 6.07) is 8.68. The second-order valence-electron chi connectivity index (χ2n) is 4.85. The highest BCUT2D eigenvalue weighted by Gasteiger charge is 2.17. The van der Waals surface area contributed by atoms with Crippen LogP contribution in [-0.2, 0) is 5.41 Å². The van der Waals surface area contributed by atoms with E-state index in [0.717, 1.165) is 10.3 Å². The van der Waals surface area contributed by atoms with Gasteiger partial charge in [-0.05, 0) is 57.2 Å². The molecule has 1 heterocycles. The van der Waals surface area contributed by atoms with Crippen molar-refractivity contribution >= 4 is 44.0 Å². The third kappa shape index (κ3) is 2.09. The summed E-state index contributed by atoms with van der Waals surface area (Å²) in [7, 11) is 0. The van der Waals surface area contributed by atoms with Gasteiger partial charge in [0, 0.05) is 0 Å². The summed E-state index contributed by atoms with van der Waals surface area (Å²) < 4.78 is 2.34. The summed E-state index contributed by atoms with van der Waals surface area (Å²) in [6.07, 6.45) is 0. The Labute approximate surface area is 113 Å². The third-order valence-corrected chi connectivity index (χ3v) is 4.52. The van der Waals surface area contributed by atoms with E-state index in [2.05, 4.69) is 61.6 Å². The van der Waals surface area contributed by atoms with Crippen LogP contribution in [0.5, 0.6) is 0 Å². The summed E-state index contributed by atoms with van der Waals surface area (Å²) >= 11 is 3.99. The molecule has 0 amide bonds. The second-order valence-corrected chi connectivity index (χ2v) is 7.80. The van der Waals surface area contributed by atoms with Crippen LogP contribution in [0.25, 0.3) is 10.1 Å². The molecule has 0 unspecified atom stereocenters. The molecule has 1 nitrogen and oxygen atoms in total. The number of nitriles is 1. The highest BCUT2D eigenvalue weighted by Crippen LogP contribution is 2.34. The molecule has 1 aromatic carbocycles. The van der Waals surface area contributed by atoms with E-state index in [4.69, 9.17) is 0 Å². The lowest BCUT2D eigenvalue weighted by molar-refractivity contribution is 0.591. The number of nitrogens with zero attached hydrogens (tertiary/aromatic N) is 1. The van der Waals surface area contributed by atoms with Crippen molar-refractivity contribution in [3.8, 4) is 6.07 Å². The Bertz CT molecular complexity index is 584. The van der Waals surface area contributed by atoms with Crippen LogP contribution in [0.2, 0.25) is 0 Å². The van der Waals surface area contributed by atoms with E-state index >= 15 is 0 Å². The molecule has 0 atom stereocenters. The second kappa shape index (κ2) is 4.01. The van der Waals surface area contributed by atoms with E-state index in [0.29, 0.717) is 0 Å². The molecule has 0 N–H and O–H groups in total. The van der Waals surface area contributed by atoms with Crippen LogP contribution in [0.3, 0.4) is 0 Å². The molecule has 0 aliphatic rings. The number of rotatable bonds is 0. The molecular weight excluding hydrogens is 329 g/mol. The van der Waals surface area contributed by atoms with Crippen LogP contribution >= 0.6 is 33.9 Å². The lowest BCUT2D eigenvalue weighted by Crippen LogP contribution is -2.11. The van der Waals surface area contributed by atoms with Gasteiger partial charge in [0.25, 0.3) is 0 Å². The first kappa shape index (κ1) is 11.9. The molecule has 0 bridgehead atoms. The van der Waals surface area contributed by atoms with Crippen molar-refractivity contribution in [2.24, 2.45) is 0 Å². The van der Waals surface area contributed by atoms with Gasteiger partial charge in [-0.2, -0.15) is 5.26 Å². The SMILES string of the molecule is CC(C)(C)c1cc(C#N)c2sc(I)cc2c1. The summed E-state index contributed by atoms with van der Waals surface area (Å²) in [5, 5.41) is 10.4. The summed E-state index contributed by atoms with van der Waals surface area (Å²) in [5.41, 5.74) is 2.12. The fourth-order valence-corrected chi connectivity index (χ4v) is 3.46. The van der Waals surface area contributed by atoms with Crippen LogP contribution in [0, 0.1) is 14.2 Å². The molecule has 0 radical (unpaired) electrons. The Morgan fingerprint density at radius 3 is 2.50 bits per heavy atom. The Balaban J connectivity index is 2.79. The molecule has 1 aromatic heterocycles. The van der Waals surface area contributed by atoms with Crippen molar-refractivity contribution in [3.05, 3.63) is 32.2 Å². The zero-order chi connectivity index (χ0) is 11.9. The maximum atomic E-state index is 9.19. The van der Waals surface area contributed by atoms with Gasteiger partial charge in [0.05, 0.1) is 13.1 Å². The Kier molecular flexibility index (Phi) is 2.97. The molecule has 0 saturated heterocycles. The molecule has 0 aliphatic heterocycles. The van der Waals surface area contributed by atoms with Crippen LogP contribution in [0.1, 0.15) is 31.9 Å². The topological polar surface area (TPSA) is 23.8 Å². The first-order chi connectivity index (χ1) is 7.41. The van der Waals surface area contributed by atoms with Crippen molar-refractivity contribution < 1.29 is 0 Å². The molecule has 0 fully saturated rings. The molecule has 2 rings (SSSR count). The average molecular weight is 341 g/mol.